The monoisotopic (exact) mass is 292 g/mol. The van der Waals surface area contributed by atoms with Crippen LogP contribution in [0.2, 0.25) is 0 Å². The average molecular weight is 292 g/mol. The minimum absolute atomic E-state index is 0.104. The van der Waals surface area contributed by atoms with E-state index in [0.29, 0.717) is 30.9 Å². The van der Waals surface area contributed by atoms with Crippen LogP contribution in [0.4, 0.5) is 0 Å². The van der Waals surface area contributed by atoms with Crippen molar-refractivity contribution in [3.8, 4) is 0 Å². The van der Waals surface area contributed by atoms with Crippen LogP contribution in [0, 0.1) is 5.92 Å². The molecule has 1 aliphatic rings. The van der Waals surface area contributed by atoms with Crippen molar-refractivity contribution in [3.63, 3.8) is 0 Å². The third kappa shape index (κ3) is 3.55. The number of amides is 1. The summed E-state index contributed by atoms with van der Waals surface area (Å²) in [6.07, 6.45) is 0.747. The van der Waals surface area contributed by atoms with Gasteiger partial charge in [0.05, 0.1) is 12.5 Å². The molecule has 3 N–H and O–H groups in total. The largest absolute Gasteiger partial charge is 0.393 e. The Morgan fingerprint density at radius 1 is 1.45 bits per heavy atom. The zero-order chi connectivity index (χ0) is 14.7. The van der Waals surface area contributed by atoms with Gasteiger partial charge in [0.1, 0.15) is 4.99 Å². The summed E-state index contributed by atoms with van der Waals surface area (Å²) in [5.41, 5.74) is 7.31. The van der Waals surface area contributed by atoms with Crippen molar-refractivity contribution in [2.45, 2.75) is 25.9 Å². The Kier molecular flexibility index (Phi) is 4.73. The van der Waals surface area contributed by atoms with Gasteiger partial charge in [-0.1, -0.05) is 43.4 Å². The number of thiocarbonyl (C=S) groups is 1. The van der Waals surface area contributed by atoms with Crippen molar-refractivity contribution in [1.29, 1.82) is 0 Å². The smallest absolute Gasteiger partial charge is 0.227 e. The number of nitrogens with two attached hydrogens (primary N) is 1. The van der Waals surface area contributed by atoms with Crippen LogP contribution in [0.5, 0.6) is 0 Å². The Morgan fingerprint density at radius 2 is 2.10 bits per heavy atom. The molecule has 1 aromatic carbocycles. The molecular weight excluding hydrogens is 272 g/mol. The fourth-order valence-corrected chi connectivity index (χ4v) is 2.57. The number of aliphatic hydroxyl groups is 1. The zero-order valence-electron chi connectivity index (χ0n) is 11.6. The van der Waals surface area contributed by atoms with E-state index < -0.39 is 0 Å². The van der Waals surface area contributed by atoms with E-state index in [1.54, 1.807) is 0 Å². The van der Waals surface area contributed by atoms with Crippen LogP contribution in [0.15, 0.2) is 24.3 Å². The quantitative estimate of drug-likeness (QED) is 0.819. The first kappa shape index (κ1) is 14.9. The van der Waals surface area contributed by atoms with E-state index in [1.165, 1.54) is 0 Å². The maximum Gasteiger partial charge on any atom is 0.227 e. The van der Waals surface area contributed by atoms with Gasteiger partial charge in [0.25, 0.3) is 0 Å². The van der Waals surface area contributed by atoms with Gasteiger partial charge in [0.15, 0.2) is 0 Å². The Bertz CT molecular complexity index is 501. The molecule has 0 saturated carbocycles. The number of benzene rings is 1. The standard InChI is InChI=1S/C15H20N2O2S/c1-10-9-17(7-6-13(10)18)14(19)8-11-2-4-12(5-3-11)15(16)20/h2-5,10,13,18H,6-9H2,1H3,(H2,16,20). The fourth-order valence-electron chi connectivity index (χ4n) is 2.43. The highest BCUT2D eigenvalue weighted by molar-refractivity contribution is 7.80. The number of nitrogens with zero attached hydrogens (tertiary/aromatic N) is 1. The molecule has 0 radical (unpaired) electrons. The van der Waals surface area contributed by atoms with Crippen LogP contribution >= 0.6 is 12.2 Å². The molecule has 1 heterocycles. The molecule has 1 aliphatic heterocycles. The predicted molar refractivity (Wildman–Crippen MR) is 82.4 cm³/mol. The lowest BCUT2D eigenvalue weighted by Gasteiger charge is -2.34. The van der Waals surface area contributed by atoms with E-state index in [4.69, 9.17) is 18.0 Å². The SMILES string of the molecule is CC1CN(C(=O)Cc2ccc(C(N)=S)cc2)CCC1O. The van der Waals surface area contributed by atoms with Crippen molar-refractivity contribution < 1.29 is 9.90 Å². The van der Waals surface area contributed by atoms with Crippen molar-refractivity contribution >= 4 is 23.1 Å². The number of hydrogen-bond acceptors (Lipinski definition) is 3. The molecule has 1 amide bonds. The van der Waals surface area contributed by atoms with Gasteiger partial charge in [0.2, 0.25) is 5.91 Å². The summed E-state index contributed by atoms with van der Waals surface area (Å²) in [4.78, 5) is 14.4. The van der Waals surface area contributed by atoms with Crippen LogP contribution in [-0.4, -0.2) is 40.1 Å². The highest BCUT2D eigenvalue weighted by atomic mass is 32.1. The van der Waals surface area contributed by atoms with Gasteiger partial charge >= 0.3 is 0 Å². The first-order valence-corrected chi connectivity index (χ1v) is 7.23. The summed E-state index contributed by atoms with van der Waals surface area (Å²) in [6.45, 7) is 3.24. The van der Waals surface area contributed by atoms with Crippen LogP contribution in [0.1, 0.15) is 24.5 Å². The van der Waals surface area contributed by atoms with E-state index in [1.807, 2.05) is 36.1 Å². The van der Waals surface area contributed by atoms with E-state index >= 15 is 0 Å². The second-order valence-corrected chi connectivity index (χ2v) is 5.85. The summed E-state index contributed by atoms with van der Waals surface area (Å²) < 4.78 is 0. The molecule has 2 atom stereocenters. The highest BCUT2D eigenvalue weighted by Gasteiger charge is 2.26. The lowest BCUT2D eigenvalue weighted by Crippen LogP contribution is -2.45. The topological polar surface area (TPSA) is 66.6 Å². The van der Waals surface area contributed by atoms with Crippen molar-refractivity contribution in [3.05, 3.63) is 35.4 Å². The molecule has 1 saturated heterocycles. The van der Waals surface area contributed by atoms with Gasteiger partial charge in [0, 0.05) is 18.7 Å². The van der Waals surface area contributed by atoms with E-state index in [9.17, 15) is 9.90 Å². The predicted octanol–water partition coefficient (Wildman–Crippen LogP) is 1.09. The highest BCUT2D eigenvalue weighted by Crippen LogP contribution is 2.17. The van der Waals surface area contributed by atoms with Crippen LogP contribution < -0.4 is 5.73 Å². The number of carbonyl (C=O) groups is 1. The minimum Gasteiger partial charge on any atom is -0.393 e. The fraction of sp³-hybridized carbons (Fsp3) is 0.467. The molecule has 0 spiro atoms. The summed E-state index contributed by atoms with van der Waals surface area (Å²) in [7, 11) is 0. The molecule has 1 fully saturated rings. The van der Waals surface area contributed by atoms with Gasteiger partial charge in [-0.25, -0.2) is 0 Å². The Morgan fingerprint density at radius 3 is 2.65 bits per heavy atom. The maximum atomic E-state index is 12.2. The number of hydrogen-bond donors (Lipinski definition) is 2. The molecule has 5 heteroatoms. The molecule has 2 rings (SSSR count). The Hall–Kier alpha value is -1.46. The second kappa shape index (κ2) is 6.33. The first-order chi connectivity index (χ1) is 9.47. The molecule has 20 heavy (non-hydrogen) atoms. The average Bonchev–Trinajstić information content (AvgIpc) is 2.42. The second-order valence-electron chi connectivity index (χ2n) is 5.41. The maximum absolute atomic E-state index is 12.2. The van der Waals surface area contributed by atoms with Crippen molar-refractivity contribution in [2.24, 2.45) is 11.7 Å². The molecule has 0 bridgehead atoms. The first-order valence-electron chi connectivity index (χ1n) is 6.82. The van der Waals surface area contributed by atoms with E-state index in [2.05, 4.69) is 0 Å². The normalized spacial score (nSPS) is 22.6. The van der Waals surface area contributed by atoms with Crippen LogP contribution in [0.25, 0.3) is 0 Å². The third-order valence-electron chi connectivity index (χ3n) is 3.81. The van der Waals surface area contributed by atoms with Gasteiger partial charge in [-0.15, -0.1) is 0 Å². The molecule has 1 aromatic rings. The molecule has 108 valence electrons. The number of piperidine rings is 1. The van der Waals surface area contributed by atoms with E-state index in [-0.39, 0.29) is 17.9 Å². The third-order valence-corrected chi connectivity index (χ3v) is 4.04. The number of aliphatic hydroxyl groups excluding tert-OH is 1. The number of rotatable bonds is 3. The van der Waals surface area contributed by atoms with Gasteiger partial charge in [-0.05, 0) is 17.9 Å². The number of likely N-dealkylation sites (tertiary alicyclic amines) is 1. The van der Waals surface area contributed by atoms with Crippen molar-refractivity contribution in [2.75, 3.05) is 13.1 Å². The Balaban J connectivity index is 1.96. The summed E-state index contributed by atoms with van der Waals surface area (Å²) in [5, 5.41) is 9.69. The summed E-state index contributed by atoms with van der Waals surface area (Å²) >= 11 is 4.90. The summed E-state index contributed by atoms with van der Waals surface area (Å²) in [5.74, 6) is 0.247. The molecule has 4 nitrogen and oxygen atoms in total. The molecule has 0 aliphatic carbocycles. The lowest BCUT2D eigenvalue weighted by atomic mass is 9.96. The zero-order valence-corrected chi connectivity index (χ0v) is 12.4. The van der Waals surface area contributed by atoms with Gasteiger partial charge in [-0.2, -0.15) is 0 Å². The van der Waals surface area contributed by atoms with Gasteiger partial charge < -0.3 is 15.7 Å². The van der Waals surface area contributed by atoms with Crippen molar-refractivity contribution in [1.82, 2.24) is 4.90 Å². The minimum atomic E-state index is -0.288. The number of carbonyl (C=O) groups excluding carboxylic acids is 1. The summed E-state index contributed by atoms with van der Waals surface area (Å²) in [6, 6.07) is 7.45. The molecule has 0 aromatic heterocycles. The van der Waals surface area contributed by atoms with E-state index in [0.717, 1.165) is 11.1 Å². The van der Waals surface area contributed by atoms with Crippen LogP contribution in [0.3, 0.4) is 0 Å². The van der Waals surface area contributed by atoms with Gasteiger partial charge in [-0.3, -0.25) is 4.79 Å². The molecule has 2 unspecified atom stereocenters. The lowest BCUT2D eigenvalue weighted by molar-refractivity contribution is -0.133. The Labute approximate surface area is 124 Å². The molecular formula is C15H20N2O2S. The van der Waals surface area contributed by atoms with Crippen LogP contribution in [-0.2, 0) is 11.2 Å².